The predicted octanol–water partition coefficient (Wildman–Crippen LogP) is 0.0899. The summed E-state index contributed by atoms with van der Waals surface area (Å²) in [4.78, 5) is 27.9. The van der Waals surface area contributed by atoms with Crippen molar-refractivity contribution in [1.82, 2.24) is 4.90 Å². The Labute approximate surface area is 123 Å². The molecule has 6 bridgehead atoms. The molecular formula is C16H21NO4. The van der Waals surface area contributed by atoms with Gasteiger partial charge in [0.2, 0.25) is 0 Å². The van der Waals surface area contributed by atoms with E-state index in [0.29, 0.717) is 38.8 Å². The van der Waals surface area contributed by atoms with Gasteiger partial charge in [0.05, 0.1) is 16.9 Å². The average molecular weight is 291 g/mol. The lowest BCUT2D eigenvalue weighted by Crippen LogP contribution is -2.73. The fourth-order valence-corrected chi connectivity index (χ4v) is 7.01. The lowest BCUT2D eigenvalue weighted by atomic mass is 9.42. The molecule has 7 atom stereocenters. The highest BCUT2D eigenvalue weighted by atomic mass is 16.3. The third-order valence-corrected chi connectivity index (χ3v) is 7.52. The quantitative estimate of drug-likeness (QED) is 0.661. The summed E-state index contributed by atoms with van der Waals surface area (Å²) < 4.78 is 0. The Hall–Kier alpha value is -0.780. The highest BCUT2D eigenvalue weighted by molar-refractivity contribution is 6.04. The zero-order chi connectivity index (χ0) is 14.6. The van der Waals surface area contributed by atoms with E-state index >= 15 is 0 Å². The number of aliphatic hydroxyl groups excluding tert-OH is 1. The topological polar surface area (TPSA) is 77.8 Å². The molecule has 6 rings (SSSR count). The third-order valence-electron chi connectivity index (χ3n) is 7.52. The van der Waals surface area contributed by atoms with Crippen LogP contribution in [0.3, 0.4) is 0 Å². The van der Waals surface area contributed by atoms with Crippen LogP contribution in [0.1, 0.15) is 38.5 Å². The van der Waals surface area contributed by atoms with Crippen molar-refractivity contribution >= 4 is 11.6 Å². The maximum absolute atomic E-state index is 13.1. The normalized spacial score (nSPS) is 61.0. The molecule has 21 heavy (non-hydrogen) atoms. The number of carbonyl (C=O) groups is 2. The van der Waals surface area contributed by atoms with Crippen LogP contribution in [-0.4, -0.2) is 51.6 Å². The summed E-state index contributed by atoms with van der Waals surface area (Å²) in [6.45, 7) is 1.20. The number of ketones is 2. The Morgan fingerprint density at radius 3 is 2.86 bits per heavy atom. The van der Waals surface area contributed by atoms with E-state index in [1.54, 1.807) is 0 Å². The van der Waals surface area contributed by atoms with Crippen LogP contribution in [0.2, 0.25) is 0 Å². The van der Waals surface area contributed by atoms with Crippen molar-refractivity contribution in [3.05, 3.63) is 0 Å². The van der Waals surface area contributed by atoms with Crippen LogP contribution in [-0.2, 0) is 9.59 Å². The van der Waals surface area contributed by atoms with Gasteiger partial charge in [-0.05, 0) is 38.0 Å². The number of aliphatic hydroxyl groups is 2. The Kier molecular flexibility index (Phi) is 2.07. The van der Waals surface area contributed by atoms with E-state index in [4.69, 9.17) is 0 Å². The lowest BCUT2D eigenvalue weighted by Gasteiger charge is -2.62. The highest BCUT2D eigenvalue weighted by Gasteiger charge is 2.86. The van der Waals surface area contributed by atoms with Gasteiger partial charge in [-0.2, -0.15) is 0 Å². The molecule has 5 nitrogen and oxygen atoms in total. The van der Waals surface area contributed by atoms with Crippen LogP contribution in [0.5, 0.6) is 0 Å². The molecule has 2 aliphatic heterocycles. The Morgan fingerprint density at radius 1 is 1.24 bits per heavy atom. The van der Waals surface area contributed by atoms with Crippen LogP contribution < -0.4 is 0 Å². The molecule has 4 aliphatic carbocycles. The van der Waals surface area contributed by atoms with Crippen LogP contribution in [0.4, 0.5) is 0 Å². The molecule has 6 aliphatic rings. The predicted molar refractivity (Wildman–Crippen MR) is 72.1 cm³/mol. The molecule has 2 spiro atoms. The number of hydrogen-bond donors (Lipinski definition) is 2. The molecule has 0 radical (unpaired) electrons. The third kappa shape index (κ3) is 0.981. The first-order valence-electron chi connectivity index (χ1n) is 8.21. The largest absolute Gasteiger partial charge is 0.392 e. The summed E-state index contributed by atoms with van der Waals surface area (Å²) in [5.41, 5.74) is -3.33. The van der Waals surface area contributed by atoms with Gasteiger partial charge in [0.15, 0.2) is 11.5 Å². The standard InChI is InChI=1S/C16H21NO4/c18-11-2-5-17-4-1-3-14-10-6-9(7-12(14)19)8-15(11,14)16(17,21)13(10)20/h9-11,18,21H,1-8H2. The molecular weight excluding hydrogens is 270 g/mol. The van der Waals surface area contributed by atoms with Gasteiger partial charge in [-0.1, -0.05) is 0 Å². The summed E-state index contributed by atoms with van der Waals surface area (Å²) in [6, 6.07) is 0. The van der Waals surface area contributed by atoms with Crippen LogP contribution in [0, 0.1) is 22.7 Å². The SMILES string of the molecule is O=C1CC2CC3C(=O)C4(O)N5CCCC13C4(C2)C(O)CC5. The van der Waals surface area contributed by atoms with E-state index in [-0.39, 0.29) is 23.4 Å². The summed E-state index contributed by atoms with van der Waals surface area (Å²) in [6.07, 6.45) is 3.21. The summed E-state index contributed by atoms with van der Waals surface area (Å²) >= 11 is 0. The Bertz CT molecular complexity index is 577. The monoisotopic (exact) mass is 291 g/mol. The summed E-state index contributed by atoms with van der Waals surface area (Å²) in [5.74, 6) is -0.230. The molecule has 0 amide bonds. The number of carbonyl (C=O) groups excluding carboxylic acids is 2. The lowest BCUT2D eigenvalue weighted by molar-refractivity contribution is -0.266. The number of piperidine rings is 1. The van der Waals surface area contributed by atoms with Gasteiger partial charge in [0.1, 0.15) is 5.78 Å². The minimum Gasteiger partial charge on any atom is -0.392 e. The molecule has 4 saturated carbocycles. The molecule has 2 N–H and O–H groups in total. The fraction of sp³-hybridized carbons (Fsp3) is 0.875. The Balaban J connectivity index is 1.88. The molecule has 6 fully saturated rings. The van der Waals surface area contributed by atoms with E-state index in [2.05, 4.69) is 0 Å². The van der Waals surface area contributed by atoms with E-state index in [0.717, 1.165) is 12.8 Å². The maximum Gasteiger partial charge on any atom is 0.187 e. The molecule has 0 aromatic rings. The molecule has 0 aromatic heterocycles. The highest BCUT2D eigenvalue weighted by Crippen LogP contribution is 2.76. The molecule has 114 valence electrons. The van der Waals surface area contributed by atoms with E-state index < -0.39 is 22.7 Å². The second-order valence-electron chi connectivity index (χ2n) is 7.86. The van der Waals surface area contributed by atoms with Crippen molar-refractivity contribution in [3.63, 3.8) is 0 Å². The van der Waals surface area contributed by atoms with Crippen LogP contribution >= 0.6 is 0 Å². The Morgan fingerprint density at radius 2 is 2.05 bits per heavy atom. The van der Waals surface area contributed by atoms with Crippen LogP contribution in [0.15, 0.2) is 0 Å². The van der Waals surface area contributed by atoms with Crippen molar-refractivity contribution in [1.29, 1.82) is 0 Å². The molecule has 2 heterocycles. The van der Waals surface area contributed by atoms with Gasteiger partial charge in [-0.25, -0.2) is 0 Å². The summed E-state index contributed by atoms with van der Waals surface area (Å²) in [5, 5.41) is 22.3. The van der Waals surface area contributed by atoms with Crippen molar-refractivity contribution < 1.29 is 19.8 Å². The average Bonchev–Trinajstić information content (AvgIpc) is 2.52. The van der Waals surface area contributed by atoms with Crippen molar-refractivity contribution in [2.24, 2.45) is 22.7 Å². The second kappa shape index (κ2) is 3.42. The zero-order valence-corrected chi connectivity index (χ0v) is 12.0. The maximum atomic E-state index is 13.1. The van der Waals surface area contributed by atoms with Gasteiger partial charge in [-0.3, -0.25) is 14.5 Å². The fourth-order valence-electron chi connectivity index (χ4n) is 7.01. The van der Waals surface area contributed by atoms with Crippen molar-refractivity contribution in [2.45, 2.75) is 50.4 Å². The van der Waals surface area contributed by atoms with Crippen LogP contribution in [0.25, 0.3) is 0 Å². The number of nitrogens with zero attached hydrogens (tertiary/aromatic N) is 1. The first-order chi connectivity index (χ1) is 9.98. The zero-order valence-electron chi connectivity index (χ0n) is 12.0. The molecule has 0 aromatic carbocycles. The minimum atomic E-state index is -1.60. The van der Waals surface area contributed by atoms with Crippen molar-refractivity contribution in [2.75, 3.05) is 13.1 Å². The van der Waals surface area contributed by atoms with Gasteiger partial charge in [0.25, 0.3) is 0 Å². The molecule has 7 unspecified atom stereocenters. The smallest absolute Gasteiger partial charge is 0.187 e. The number of hydrogen-bond acceptors (Lipinski definition) is 5. The molecule has 2 saturated heterocycles. The first-order valence-corrected chi connectivity index (χ1v) is 8.21. The number of fused-ring (bicyclic) bond motifs is 1. The van der Waals surface area contributed by atoms with E-state index in [1.165, 1.54) is 0 Å². The second-order valence-corrected chi connectivity index (χ2v) is 7.86. The van der Waals surface area contributed by atoms with Gasteiger partial charge < -0.3 is 10.2 Å². The number of rotatable bonds is 0. The van der Waals surface area contributed by atoms with Gasteiger partial charge in [-0.15, -0.1) is 0 Å². The first kappa shape index (κ1) is 12.7. The molecule has 5 heteroatoms. The summed E-state index contributed by atoms with van der Waals surface area (Å²) in [7, 11) is 0. The van der Waals surface area contributed by atoms with Gasteiger partial charge >= 0.3 is 0 Å². The van der Waals surface area contributed by atoms with E-state index in [9.17, 15) is 19.8 Å². The number of Topliss-reactive ketones (excluding diaryl/α,β-unsaturated/α-hetero) is 2. The van der Waals surface area contributed by atoms with Crippen molar-refractivity contribution in [3.8, 4) is 0 Å². The van der Waals surface area contributed by atoms with E-state index in [1.807, 2.05) is 4.90 Å². The minimum absolute atomic E-state index is 0.141. The van der Waals surface area contributed by atoms with Gasteiger partial charge in [0, 0.05) is 25.4 Å².